The number of methoxy groups -OCH3 is 1. The van der Waals surface area contributed by atoms with Crippen LogP contribution >= 0.6 is 0 Å². The molecular weight excluding hydrogens is 254 g/mol. The van der Waals surface area contributed by atoms with Crippen molar-refractivity contribution < 1.29 is 9.26 Å². The molecule has 3 aromatic rings. The minimum absolute atomic E-state index is 0.448. The lowest BCUT2D eigenvalue weighted by atomic mass is 10.1. The highest BCUT2D eigenvalue weighted by Crippen LogP contribution is 2.26. The van der Waals surface area contributed by atoms with E-state index in [9.17, 15) is 0 Å². The molecule has 0 amide bonds. The second-order valence-electron chi connectivity index (χ2n) is 4.32. The van der Waals surface area contributed by atoms with Crippen LogP contribution in [-0.4, -0.2) is 22.2 Å². The summed E-state index contributed by atoms with van der Waals surface area (Å²) in [5, 5.41) is 3.95. The maximum atomic E-state index is 5.30. The van der Waals surface area contributed by atoms with E-state index in [1.54, 1.807) is 13.3 Å². The van der Waals surface area contributed by atoms with Crippen molar-refractivity contribution >= 4 is 0 Å². The SMILES string of the molecule is COc1cc(-c2nc(-c3ccccn3)no2)ccc1C. The number of nitrogens with zero attached hydrogens (tertiary/aromatic N) is 3. The van der Waals surface area contributed by atoms with Gasteiger partial charge in [-0.15, -0.1) is 0 Å². The van der Waals surface area contributed by atoms with Gasteiger partial charge in [0.15, 0.2) is 0 Å². The Morgan fingerprint density at radius 1 is 1.15 bits per heavy atom. The van der Waals surface area contributed by atoms with Gasteiger partial charge >= 0.3 is 0 Å². The Morgan fingerprint density at radius 3 is 2.80 bits per heavy atom. The van der Waals surface area contributed by atoms with Gasteiger partial charge < -0.3 is 9.26 Å². The van der Waals surface area contributed by atoms with E-state index in [4.69, 9.17) is 9.26 Å². The summed E-state index contributed by atoms with van der Waals surface area (Å²) in [4.78, 5) is 8.55. The number of pyridine rings is 1. The third-order valence-corrected chi connectivity index (χ3v) is 2.98. The number of benzene rings is 1. The zero-order valence-corrected chi connectivity index (χ0v) is 11.2. The van der Waals surface area contributed by atoms with Crippen LogP contribution in [0.15, 0.2) is 47.1 Å². The van der Waals surface area contributed by atoms with Crippen LogP contribution in [0.2, 0.25) is 0 Å². The molecule has 0 radical (unpaired) electrons. The van der Waals surface area contributed by atoms with Gasteiger partial charge in [-0.05, 0) is 36.8 Å². The van der Waals surface area contributed by atoms with Crippen molar-refractivity contribution in [3.63, 3.8) is 0 Å². The standard InChI is InChI=1S/C15H13N3O2/c1-10-6-7-11(9-13(10)19-2)15-17-14(18-20-15)12-5-3-4-8-16-12/h3-9H,1-2H3. The van der Waals surface area contributed by atoms with E-state index in [0.29, 0.717) is 17.4 Å². The Morgan fingerprint density at radius 2 is 2.05 bits per heavy atom. The molecule has 0 aliphatic heterocycles. The first-order valence-electron chi connectivity index (χ1n) is 6.18. The van der Waals surface area contributed by atoms with Crippen molar-refractivity contribution in [1.29, 1.82) is 0 Å². The molecule has 1 aromatic carbocycles. The fourth-order valence-electron chi connectivity index (χ4n) is 1.89. The highest BCUT2D eigenvalue weighted by atomic mass is 16.5. The molecule has 0 unspecified atom stereocenters. The molecule has 0 N–H and O–H groups in total. The third kappa shape index (κ3) is 2.25. The van der Waals surface area contributed by atoms with Crippen molar-refractivity contribution in [1.82, 2.24) is 15.1 Å². The highest BCUT2D eigenvalue weighted by Gasteiger charge is 2.12. The highest BCUT2D eigenvalue weighted by molar-refractivity contribution is 5.60. The van der Waals surface area contributed by atoms with Crippen LogP contribution < -0.4 is 4.74 Å². The fraction of sp³-hybridized carbons (Fsp3) is 0.133. The van der Waals surface area contributed by atoms with E-state index in [1.165, 1.54) is 0 Å². The van der Waals surface area contributed by atoms with Crippen molar-refractivity contribution in [3.8, 4) is 28.7 Å². The minimum atomic E-state index is 0.448. The molecule has 5 nitrogen and oxygen atoms in total. The lowest BCUT2D eigenvalue weighted by Gasteiger charge is -2.04. The molecule has 100 valence electrons. The summed E-state index contributed by atoms with van der Waals surface area (Å²) < 4.78 is 10.6. The Bertz CT molecular complexity index is 723. The normalized spacial score (nSPS) is 10.5. The molecule has 0 fully saturated rings. The molecule has 0 aliphatic rings. The zero-order valence-electron chi connectivity index (χ0n) is 11.2. The van der Waals surface area contributed by atoms with Crippen LogP contribution in [0.4, 0.5) is 0 Å². The predicted molar refractivity (Wildman–Crippen MR) is 74.3 cm³/mol. The van der Waals surface area contributed by atoms with Gasteiger partial charge in [0, 0.05) is 11.8 Å². The number of aryl methyl sites for hydroxylation is 1. The van der Waals surface area contributed by atoms with Gasteiger partial charge in [0.1, 0.15) is 11.4 Å². The van der Waals surface area contributed by atoms with Crippen molar-refractivity contribution in [2.24, 2.45) is 0 Å². The van der Waals surface area contributed by atoms with E-state index in [0.717, 1.165) is 16.9 Å². The van der Waals surface area contributed by atoms with Gasteiger partial charge in [0.05, 0.1) is 7.11 Å². The average molecular weight is 267 g/mol. The summed E-state index contributed by atoms with van der Waals surface area (Å²) in [6.45, 7) is 1.98. The second kappa shape index (κ2) is 5.13. The number of hydrogen-bond acceptors (Lipinski definition) is 5. The number of aromatic nitrogens is 3. The van der Waals surface area contributed by atoms with Gasteiger partial charge in [-0.2, -0.15) is 4.98 Å². The molecule has 3 rings (SSSR count). The lowest BCUT2D eigenvalue weighted by molar-refractivity contribution is 0.410. The predicted octanol–water partition coefficient (Wildman–Crippen LogP) is 3.12. The molecule has 0 saturated heterocycles. The fourth-order valence-corrected chi connectivity index (χ4v) is 1.89. The largest absolute Gasteiger partial charge is 0.496 e. The molecule has 0 saturated carbocycles. The van der Waals surface area contributed by atoms with E-state index >= 15 is 0 Å². The monoisotopic (exact) mass is 267 g/mol. The Labute approximate surface area is 116 Å². The summed E-state index contributed by atoms with van der Waals surface area (Å²) in [6, 6.07) is 11.3. The zero-order chi connectivity index (χ0) is 13.9. The first-order valence-corrected chi connectivity index (χ1v) is 6.18. The minimum Gasteiger partial charge on any atom is -0.496 e. The van der Waals surface area contributed by atoms with Crippen molar-refractivity contribution in [2.45, 2.75) is 6.92 Å². The molecule has 0 atom stereocenters. The number of ether oxygens (including phenoxy) is 1. The maximum Gasteiger partial charge on any atom is 0.258 e. The topological polar surface area (TPSA) is 61.0 Å². The number of hydrogen-bond donors (Lipinski definition) is 0. The maximum absolute atomic E-state index is 5.30. The molecule has 2 heterocycles. The van der Waals surface area contributed by atoms with Crippen LogP contribution in [0.3, 0.4) is 0 Å². The summed E-state index contributed by atoms with van der Waals surface area (Å²) >= 11 is 0. The molecule has 0 aliphatic carbocycles. The van der Waals surface area contributed by atoms with Crippen LogP contribution in [0.5, 0.6) is 5.75 Å². The first-order chi connectivity index (χ1) is 9.78. The van der Waals surface area contributed by atoms with Gasteiger partial charge in [0.2, 0.25) is 5.82 Å². The Balaban J connectivity index is 1.98. The molecule has 20 heavy (non-hydrogen) atoms. The second-order valence-corrected chi connectivity index (χ2v) is 4.32. The van der Waals surface area contributed by atoms with Gasteiger partial charge in [-0.25, -0.2) is 0 Å². The summed E-state index contributed by atoms with van der Waals surface area (Å²) in [6.07, 6.45) is 1.69. The van der Waals surface area contributed by atoms with Crippen LogP contribution in [0.25, 0.3) is 23.0 Å². The number of rotatable bonds is 3. The summed E-state index contributed by atoms with van der Waals surface area (Å²) in [7, 11) is 1.64. The van der Waals surface area contributed by atoms with E-state index in [2.05, 4.69) is 15.1 Å². The van der Waals surface area contributed by atoms with Gasteiger partial charge in [0.25, 0.3) is 5.89 Å². The van der Waals surface area contributed by atoms with Gasteiger partial charge in [-0.1, -0.05) is 17.3 Å². The van der Waals surface area contributed by atoms with Crippen molar-refractivity contribution in [3.05, 3.63) is 48.2 Å². The molecule has 0 bridgehead atoms. The van der Waals surface area contributed by atoms with E-state index in [1.807, 2.05) is 43.3 Å². The van der Waals surface area contributed by atoms with Crippen LogP contribution in [0, 0.1) is 6.92 Å². The Kier molecular flexibility index (Phi) is 3.16. The quantitative estimate of drug-likeness (QED) is 0.729. The van der Waals surface area contributed by atoms with Crippen LogP contribution in [-0.2, 0) is 0 Å². The molecule has 2 aromatic heterocycles. The van der Waals surface area contributed by atoms with Crippen molar-refractivity contribution in [2.75, 3.05) is 7.11 Å². The first kappa shape index (κ1) is 12.3. The van der Waals surface area contributed by atoms with Gasteiger partial charge in [-0.3, -0.25) is 4.98 Å². The summed E-state index contributed by atoms with van der Waals surface area (Å²) in [5.74, 6) is 1.71. The third-order valence-electron chi connectivity index (χ3n) is 2.98. The van der Waals surface area contributed by atoms with Crippen LogP contribution in [0.1, 0.15) is 5.56 Å². The Hall–Kier alpha value is -2.69. The van der Waals surface area contributed by atoms with E-state index < -0.39 is 0 Å². The molecule has 0 spiro atoms. The van der Waals surface area contributed by atoms with E-state index in [-0.39, 0.29) is 0 Å². The average Bonchev–Trinajstić information content (AvgIpc) is 2.98. The smallest absolute Gasteiger partial charge is 0.258 e. The summed E-state index contributed by atoms with van der Waals surface area (Å²) in [5.41, 5.74) is 2.56. The molecule has 5 heteroatoms. The lowest BCUT2D eigenvalue weighted by Crippen LogP contribution is -1.88. The molecular formula is C15H13N3O2.